The fourth-order valence-electron chi connectivity index (χ4n) is 7.55. The van der Waals surface area contributed by atoms with Crippen molar-refractivity contribution in [1.82, 2.24) is 0 Å². The van der Waals surface area contributed by atoms with Crippen LogP contribution in [0.1, 0.15) is 16.7 Å². The average Bonchev–Trinajstić information content (AvgIpc) is 3.74. The quantitative estimate of drug-likeness (QED) is 0.0247. The number of fused-ring (bicyclic) bond motifs is 7. The van der Waals surface area contributed by atoms with Crippen LogP contribution < -0.4 is 9.78 Å². The van der Waals surface area contributed by atoms with E-state index in [9.17, 15) is 66.4 Å². The molecule has 19 heteroatoms. The Bertz CT molecular complexity index is 3360. The monoisotopic (exact) mass is 897 g/mol. The molecule has 1 aromatic heterocycles. The van der Waals surface area contributed by atoms with Crippen LogP contribution in [0.15, 0.2) is 99.9 Å². The number of phenols is 13. The lowest BCUT2D eigenvalue weighted by molar-refractivity contribution is -0.106. The van der Waals surface area contributed by atoms with Crippen LogP contribution in [-0.4, -0.2) is 84.8 Å². The van der Waals surface area contributed by atoms with E-state index < -0.39 is 131 Å². The van der Waals surface area contributed by atoms with Gasteiger partial charge in [0.1, 0.15) is 11.3 Å². The van der Waals surface area contributed by atoms with Gasteiger partial charge in [-0.1, -0.05) is 84.9 Å². The normalized spacial score (nSPS) is 12.4. The molecule has 0 unspecified atom stereocenters. The minimum absolute atomic E-state index is 0.0667. The van der Waals surface area contributed by atoms with E-state index >= 15 is 0 Å². The van der Waals surface area contributed by atoms with Gasteiger partial charge >= 0.3 is 0 Å². The Morgan fingerprint density at radius 3 is 1.55 bits per heavy atom. The van der Waals surface area contributed by atoms with Gasteiger partial charge in [-0.2, -0.15) is 0 Å². The van der Waals surface area contributed by atoms with Crippen molar-refractivity contribution in [3.63, 3.8) is 0 Å². The predicted octanol–water partition coefficient (Wildman–Crippen LogP) is 8.01. The highest BCUT2D eigenvalue weighted by Crippen LogP contribution is 2.67. The van der Waals surface area contributed by atoms with E-state index in [-0.39, 0.29) is 21.8 Å². The third-order valence-electron chi connectivity index (χ3n) is 10.7. The van der Waals surface area contributed by atoms with Gasteiger partial charge in [-0.3, -0.25) is 14.8 Å². The first-order chi connectivity index (χ1) is 31.2. The zero-order chi connectivity index (χ0) is 46.2. The largest absolute Gasteiger partial charge is 0.506 e. The van der Waals surface area contributed by atoms with Crippen LogP contribution in [0.2, 0.25) is 0 Å². The number of rotatable bonds is 6. The Balaban J connectivity index is 1.26. The smallest absolute Gasteiger partial charge is 0.235 e. The summed E-state index contributed by atoms with van der Waals surface area (Å²) >= 11 is 0.511. The average molecular weight is 898 g/mol. The molecule has 0 atom stereocenters. The maximum Gasteiger partial charge on any atom is 0.235 e. The highest BCUT2D eigenvalue weighted by Gasteiger charge is 2.41. The second kappa shape index (κ2) is 15.3. The van der Waals surface area contributed by atoms with Crippen molar-refractivity contribution in [2.45, 2.75) is 6.54 Å². The third-order valence-corrected chi connectivity index (χ3v) is 11.9. The molecule has 2 heterocycles. The lowest BCUT2D eigenvalue weighted by atomic mass is 9.90. The number of aromatic hydroxyl groups is 13. The number of nitrogens with zero attached hydrogens (tertiary/aromatic N) is 3. The number of hydrogen-bond donors (Lipinski definition) is 13. The van der Waals surface area contributed by atoms with Gasteiger partial charge in [-0.15, -0.1) is 11.3 Å². The van der Waals surface area contributed by atoms with Crippen molar-refractivity contribution in [2.75, 3.05) is 0 Å². The molecule has 9 rings (SSSR count). The van der Waals surface area contributed by atoms with E-state index in [0.29, 0.717) is 22.5 Å². The Morgan fingerprint density at radius 1 is 0.446 bits per heavy atom. The first-order valence-corrected chi connectivity index (χ1v) is 19.7. The van der Waals surface area contributed by atoms with Crippen LogP contribution in [0.4, 0.5) is 0 Å². The number of benzene rings is 7. The van der Waals surface area contributed by atoms with E-state index in [4.69, 9.17) is 9.78 Å². The molecule has 0 aliphatic carbocycles. The van der Waals surface area contributed by atoms with Crippen LogP contribution in [0.5, 0.6) is 86.2 Å². The standard InChI is InChI=1S/C46H31N3O15S/c1-47-45(20-14-12-19(13-15-20)18-10-6-3-7-11-18)49-46(48-16-17-8-4-2-5-9-17)27-34(56)29(51)22(30(52)35(27)57)21-28(50)23-26-42(64-63-41(23)38(60)31(21)53)39(61)33(55)24-25-32(54)36(58)37(59)40(62)44(25)65-43(24)26/h2-15,50-62H,1,16H2/b48-46-,49-45-. The van der Waals surface area contributed by atoms with Crippen LogP contribution in [-0.2, 0) is 6.54 Å². The van der Waals surface area contributed by atoms with Crippen molar-refractivity contribution < 1.29 is 76.2 Å². The van der Waals surface area contributed by atoms with Crippen LogP contribution in [0, 0.1) is 0 Å². The molecule has 0 radical (unpaired) electrons. The van der Waals surface area contributed by atoms with E-state index in [1.165, 1.54) is 0 Å². The molecule has 0 saturated carbocycles. The van der Waals surface area contributed by atoms with Crippen molar-refractivity contribution in [1.29, 1.82) is 0 Å². The summed E-state index contributed by atoms with van der Waals surface area (Å²) in [6.45, 7) is 3.50. The van der Waals surface area contributed by atoms with Gasteiger partial charge in [-0.25, -0.2) is 9.98 Å². The molecule has 0 fully saturated rings. The van der Waals surface area contributed by atoms with Gasteiger partial charge < -0.3 is 66.4 Å². The highest BCUT2D eigenvalue weighted by atomic mass is 32.1. The van der Waals surface area contributed by atoms with Gasteiger partial charge in [0.05, 0.1) is 49.0 Å². The molecule has 0 amide bonds. The summed E-state index contributed by atoms with van der Waals surface area (Å²) in [6.07, 6.45) is 0. The van der Waals surface area contributed by atoms with Crippen LogP contribution in [0.3, 0.4) is 0 Å². The molecule has 0 bridgehead atoms. The van der Waals surface area contributed by atoms with Gasteiger partial charge in [0.2, 0.25) is 34.5 Å². The molecule has 65 heavy (non-hydrogen) atoms. The molecule has 0 spiro atoms. The third kappa shape index (κ3) is 6.21. The van der Waals surface area contributed by atoms with Crippen molar-refractivity contribution in [3.8, 4) is 120 Å². The summed E-state index contributed by atoms with van der Waals surface area (Å²) < 4.78 is -0.636. The molecule has 7 aromatic carbocycles. The maximum absolute atomic E-state index is 12.0. The molecule has 18 nitrogen and oxygen atoms in total. The molecule has 1 aliphatic rings. The number of hydrogen-bond acceptors (Lipinski definition) is 17. The Kier molecular flexibility index (Phi) is 9.68. The molecular weight excluding hydrogens is 867 g/mol. The lowest BCUT2D eigenvalue weighted by Crippen LogP contribution is -2.10. The van der Waals surface area contributed by atoms with Gasteiger partial charge in [0.15, 0.2) is 57.7 Å². The fraction of sp³-hybridized carbons (Fsp3) is 0.0217. The van der Waals surface area contributed by atoms with Crippen molar-refractivity contribution in [2.24, 2.45) is 15.0 Å². The van der Waals surface area contributed by atoms with Crippen LogP contribution in [0.25, 0.3) is 53.6 Å². The van der Waals surface area contributed by atoms with Gasteiger partial charge in [-0.05, 0) is 23.4 Å². The maximum atomic E-state index is 12.0. The topological polar surface area (TPSA) is 319 Å². The lowest BCUT2D eigenvalue weighted by Gasteiger charge is -2.25. The van der Waals surface area contributed by atoms with Crippen molar-refractivity contribution in [3.05, 3.63) is 102 Å². The summed E-state index contributed by atoms with van der Waals surface area (Å²) in [4.78, 5) is 23.3. The van der Waals surface area contributed by atoms with Crippen LogP contribution >= 0.6 is 11.3 Å². The Hall–Kier alpha value is -9.23. The van der Waals surface area contributed by atoms with Gasteiger partial charge in [0, 0.05) is 5.56 Å². The minimum atomic E-state index is -1.32. The van der Waals surface area contributed by atoms with Gasteiger partial charge in [0.25, 0.3) is 0 Å². The zero-order valence-corrected chi connectivity index (χ0v) is 33.7. The molecule has 326 valence electrons. The van der Waals surface area contributed by atoms with E-state index in [2.05, 4.69) is 21.7 Å². The minimum Gasteiger partial charge on any atom is -0.506 e. The first-order valence-electron chi connectivity index (χ1n) is 18.9. The Morgan fingerprint density at radius 2 is 0.938 bits per heavy atom. The summed E-state index contributed by atoms with van der Waals surface area (Å²) in [5.74, 6) is -17.4. The molecule has 1 aliphatic heterocycles. The zero-order valence-electron chi connectivity index (χ0n) is 32.9. The fourth-order valence-corrected chi connectivity index (χ4v) is 8.85. The summed E-state index contributed by atoms with van der Waals surface area (Å²) in [5, 5.41) is 145. The Labute approximate surface area is 367 Å². The molecular formula is C46H31N3O15S. The molecule has 8 aromatic rings. The number of thiophene rings is 1. The summed E-state index contributed by atoms with van der Waals surface area (Å²) in [5.41, 5.74) is -1.19. The van der Waals surface area contributed by atoms with E-state index in [1.807, 2.05) is 30.3 Å². The summed E-state index contributed by atoms with van der Waals surface area (Å²) in [7, 11) is 0. The predicted molar refractivity (Wildman–Crippen MR) is 238 cm³/mol. The first kappa shape index (κ1) is 41.1. The van der Waals surface area contributed by atoms with E-state index in [0.717, 1.165) is 11.1 Å². The second-order valence-corrected chi connectivity index (χ2v) is 15.4. The number of amidine groups is 2. The van der Waals surface area contributed by atoms with E-state index in [1.54, 1.807) is 54.6 Å². The van der Waals surface area contributed by atoms with Crippen molar-refractivity contribution >= 4 is 49.9 Å². The second-order valence-electron chi connectivity index (χ2n) is 14.4. The molecule has 0 saturated heterocycles. The number of phenolic OH excluding ortho intramolecular Hbond substituents is 13. The molecule has 13 N–H and O–H groups in total. The SMILES string of the molecule is C=N/C(=N\C(=N/Cc1ccccc1)c1c(O)c(O)c(-c2c(O)c(O)c3c(c2O)-c2c(c(O)c(O)c4c2sc2c(O)c(O)c(O)c(O)c24)OO3)c(O)c1O)c1ccc(-c2ccccc2)cc1. The highest BCUT2D eigenvalue weighted by molar-refractivity contribution is 7.27. The summed E-state index contributed by atoms with van der Waals surface area (Å²) in [6, 6.07) is 25.2. The number of aliphatic imine (C=N–C) groups is 3.